The number of methoxy groups -OCH3 is 1. The maximum atomic E-state index is 13.6. The van der Waals surface area contributed by atoms with Crippen LogP contribution in [0.5, 0.6) is 5.75 Å². The smallest absolute Gasteiger partial charge is 0.315 e. The Labute approximate surface area is 188 Å². The van der Waals surface area contributed by atoms with Gasteiger partial charge in [-0.15, -0.1) is 0 Å². The van der Waals surface area contributed by atoms with Crippen LogP contribution in [0.3, 0.4) is 0 Å². The summed E-state index contributed by atoms with van der Waals surface area (Å²) in [6.07, 6.45) is 6.05. The Balaban J connectivity index is 0.000000639. The molecule has 0 amide bonds. The zero-order valence-corrected chi connectivity index (χ0v) is 21.2. The zero-order chi connectivity index (χ0) is 23.9. The van der Waals surface area contributed by atoms with Crippen molar-refractivity contribution >= 4 is 26.1 Å². The highest BCUT2D eigenvalue weighted by molar-refractivity contribution is 7.17. The summed E-state index contributed by atoms with van der Waals surface area (Å²) in [5.74, 6) is 1.40. The Kier molecular flexibility index (Phi) is 14.7. The third-order valence-corrected chi connectivity index (χ3v) is 4.33. The molecule has 0 saturated carbocycles. The number of nitrogens with one attached hydrogen (secondary N) is 1. The fraction of sp³-hybridized carbons (Fsp3) is 0.565. The predicted molar refractivity (Wildman–Crippen MR) is 133 cm³/mol. The lowest BCUT2D eigenvalue weighted by atomic mass is 10.3. The first-order valence-electron chi connectivity index (χ1n) is 10.9. The number of hydrogen-bond acceptors (Lipinski definition) is 3. The van der Waals surface area contributed by atoms with Gasteiger partial charge in [-0.05, 0) is 39.3 Å². The van der Waals surface area contributed by atoms with E-state index in [1.807, 2.05) is 39.8 Å². The first-order valence-corrected chi connectivity index (χ1v) is 11.4. The molecule has 0 radical (unpaired) electrons. The van der Waals surface area contributed by atoms with Gasteiger partial charge in [0.05, 0.1) is 24.0 Å². The molecule has 2 rings (SSSR count). The minimum atomic E-state index is -3.06. The van der Waals surface area contributed by atoms with Crippen LogP contribution in [0.1, 0.15) is 60.2 Å². The van der Waals surface area contributed by atoms with Crippen molar-refractivity contribution < 1.29 is 13.5 Å². The molecule has 0 aliphatic carbocycles. The van der Waals surface area contributed by atoms with Gasteiger partial charge in [0.1, 0.15) is 5.75 Å². The molecule has 1 N–H and O–H groups in total. The van der Waals surface area contributed by atoms with Gasteiger partial charge >= 0.3 is 5.66 Å². The van der Waals surface area contributed by atoms with Crippen molar-refractivity contribution in [3.8, 4) is 5.75 Å². The second kappa shape index (κ2) is 15.7. The van der Waals surface area contributed by atoms with Crippen LogP contribution in [0.2, 0.25) is 0 Å². The highest BCUT2D eigenvalue weighted by Gasteiger charge is 2.31. The predicted octanol–water partition coefficient (Wildman–Crippen LogP) is 6.39. The second-order valence-corrected chi connectivity index (χ2v) is 7.17. The third kappa shape index (κ3) is 10.2. The number of hydrogen-bond donors (Lipinski definition) is 1. The van der Waals surface area contributed by atoms with Crippen molar-refractivity contribution in [2.45, 2.75) is 66.6 Å². The third-order valence-electron chi connectivity index (χ3n) is 4.07. The summed E-state index contributed by atoms with van der Waals surface area (Å²) < 4.78 is 33.8. The molecule has 1 aromatic heterocycles. The maximum absolute atomic E-state index is 13.6. The van der Waals surface area contributed by atoms with Crippen molar-refractivity contribution in [1.82, 2.24) is 14.9 Å². The number of halogens is 2. The number of fused-ring (bicyclic) bond motifs is 1. The molecule has 8 heteroatoms. The monoisotopic (exact) mass is 456 g/mol. The first-order chi connectivity index (χ1) is 14.8. The summed E-state index contributed by atoms with van der Waals surface area (Å²) in [5.41, 5.74) is -1.90. The van der Waals surface area contributed by atoms with Gasteiger partial charge in [-0.2, -0.15) is 8.78 Å². The van der Waals surface area contributed by atoms with Crippen molar-refractivity contribution in [1.29, 1.82) is 0 Å². The quantitative estimate of drug-likeness (QED) is 0.165. The standard InChI is InChI=1S/C13H15F2N2OP.C8H18N2.C2H6/c1-3-4-7-17-11-6-5-9(18-2)8-10(11)16-12(17)13(14,15)19;1-4-6-7-10-8(3)9-5-2;1-2/h3-6,8H,7,19H2,1-2H3;4-7H2,1-3H3,(H,9,10);1-2H3/b4-3-;;. The summed E-state index contributed by atoms with van der Waals surface area (Å²) >= 11 is 0. The van der Waals surface area contributed by atoms with Crippen LogP contribution in [-0.2, 0) is 12.2 Å². The average molecular weight is 457 g/mol. The highest BCUT2D eigenvalue weighted by Crippen LogP contribution is 2.36. The van der Waals surface area contributed by atoms with E-state index in [4.69, 9.17) is 4.74 Å². The molecule has 0 aliphatic heterocycles. The van der Waals surface area contributed by atoms with Crippen LogP contribution >= 0.6 is 9.24 Å². The van der Waals surface area contributed by atoms with Gasteiger partial charge in [0, 0.05) is 25.7 Å². The number of benzene rings is 1. The number of amidine groups is 1. The summed E-state index contributed by atoms with van der Waals surface area (Å²) in [4.78, 5) is 8.33. The molecule has 1 atom stereocenters. The number of allylic oxidation sites excluding steroid dienone is 2. The maximum Gasteiger partial charge on any atom is 0.315 e. The fourth-order valence-electron chi connectivity index (χ4n) is 2.60. The minimum absolute atomic E-state index is 0.265. The van der Waals surface area contributed by atoms with Crippen molar-refractivity contribution in [3.63, 3.8) is 0 Å². The SMILES string of the molecule is C/C=C\Cn1c(C(F)(F)P)nc2cc(OC)ccc21.CC.CCCCN=C(C)NCC. The van der Waals surface area contributed by atoms with E-state index in [9.17, 15) is 8.78 Å². The number of imidazole rings is 1. The lowest BCUT2D eigenvalue weighted by Gasteiger charge is -2.12. The number of unbranched alkanes of at least 4 members (excludes halogenated alkanes) is 1. The van der Waals surface area contributed by atoms with Crippen LogP contribution in [-0.4, -0.2) is 35.6 Å². The molecule has 2 aromatic rings. The first kappa shape index (κ1) is 29.0. The largest absolute Gasteiger partial charge is 0.497 e. The second-order valence-electron chi connectivity index (χ2n) is 6.44. The van der Waals surface area contributed by atoms with Crippen LogP contribution in [0.15, 0.2) is 35.3 Å². The number of aromatic nitrogens is 2. The molecule has 5 nitrogen and oxygen atoms in total. The molecule has 31 heavy (non-hydrogen) atoms. The molecule has 0 spiro atoms. The lowest BCUT2D eigenvalue weighted by Crippen LogP contribution is -2.19. The zero-order valence-electron chi connectivity index (χ0n) is 20.0. The number of nitrogens with zero attached hydrogens (tertiary/aromatic N) is 3. The van der Waals surface area contributed by atoms with E-state index in [2.05, 4.69) is 29.1 Å². The number of alkyl halides is 2. The summed E-state index contributed by atoms with van der Waals surface area (Å²) in [7, 11) is 3.06. The van der Waals surface area contributed by atoms with E-state index in [-0.39, 0.29) is 5.82 Å². The Hall–Kier alpha value is -2.01. The summed E-state index contributed by atoms with van der Waals surface area (Å²) in [6.45, 7) is 14.4. The molecule has 0 fully saturated rings. The van der Waals surface area contributed by atoms with Gasteiger partial charge in [-0.1, -0.05) is 48.6 Å². The number of aliphatic imine (C=N–C) groups is 1. The van der Waals surface area contributed by atoms with E-state index in [1.54, 1.807) is 18.2 Å². The molecule has 0 saturated heterocycles. The van der Waals surface area contributed by atoms with E-state index in [1.165, 1.54) is 33.8 Å². The Morgan fingerprint density at radius 1 is 1.32 bits per heavy atom. The molecule has 0 aliphatic rings. The molecule has 1 aromatic carbocycles. The van der Waals surface area contributed by atoms with Crippen molar-refractivity contribution in [3.05, 3.63) is 36.2 Å². The normalized spacial score (nSPS) is 11.6. The van der Waals surface area contributed by atoms with Crippen molar-refractivity contribution in [2.75, 3.05) is 20.2 Å². The molecular weight excluding hydrogens is 417 g/mol. The van der Waals surface area contributed by atoms with Gasteiger partial charge in [0.2, 0.25) is 0 Å². The minimum Gasteiger partial charge on any atom is -0.497 e. The molecule has 1 heterocycles. The molecular formula is C23H39F2N4OP. The van der Waals surface area contributed by atoms with E-state index >= 15 is 0 Å². The number of rotatable bonds is 8. The molecule has 1 unspecified atom stereocenters. The van der Waals surface area contributed by atoms with Gasteiger partial charge < -0.3 is 14.6 Å². The Bertz CT molecular complexity index is 814. The van der Waals surface area contributed by atoms with E-state index < -0.39 is 5.66 Å². The summed E-state index contributed by atoms with van der Waals surface area (Å²) in [5, 5.41) is 3.15. The van der Waals surface area contributed by atoms with Gasteiger partial charge in [-0.3, -0.25) is 4.99 Å². The molecule has 0 bridgehead atoms. The number of ether oxygens (including phenoxy) is 1. The average Bonchev–Trinajstić information content (AvgIpc) is 3.12. The van der Waals surface area contributed by atoms with Crippen LogP contribution in [0, 0.1) is 0 Å². The van der Waals surface area contributed by atoms with Crippen LogP contribution in [0.25, 0.3) is 11.0 Å². The van der Waals surface area contributed by atoms with Gasteiger partial charge in [0.15, 0.2) is 5.82 Å². The van der Waals surface area contributed by atoms with Gasteiger partial charge in [-0.25, -0.2) is 4.98 Å². The van der Waals surface area contributed by atoms with Gasteiger partial charge in [0.25, 0.3) is 0 Å². The Morgan fingerprint density at radius 2 is 2.00 bits per heavy atom. The van der Waals surface area contributed by atoms with Crippen LogP contribution in [0.4, 0.5) is 8.78 Å². The van der Waals surface area contributed by atoms with Crippen LogP contribution < -0.4 is 10.1 Å². The Morgan fingerprint density at radius 3 is 2.52 bits per heavy atom. The van der Waals surface area contributed by atoms with Crippen molar-refractivity contribution in [2.24, 2.45) is 4.99 Å². The fourth-order valence-corrected chi connectivity index (χ4v) is 2.82. The lowest BCUT2D eigenvalue weighted by molar-refractivity contribution is 0.0897. The molecule has 176 valence electrons. The van der Waals surface area contributed by atoms with E-state index in [0.717, 1.165) is 18.9 Å². The van der Waals surface area contributed by atoms with E-state index in [0.29, 0.717) is 23.3 Å². The summed E-state index contributed by atoms with van der Waals surface area (Å²) in [6, 6.07) is 5.13. The highest BCUT2D eigenvalue weighted by atomic mass is 31.0. The topological polar surface area (TPSA) is 51.4 Å².